The number of ether oxygens (including phenoxy) is 1. The second kappa shape index (κ2) is 6.23. The molecule has 1 aliphatic heterocycles. The lowest BCUT2D eigenvalue weighted by molar-refractivity contribution is 0.00471. The van der Waals surface area contributed by atoms with E-state index in [4.69, 9.17) is 10.00 Å². The van der Waals surface area contributed by atoms with E-state index in [9.17, 15) is 4.79 Å². The molecule has 0 saturated heterocycles. The first-order valence-electron chi connectivity index (χ1n) is 7.72. The smallest absolute Gasteiger partial charge is 0.412 e. The van der Waals surface area contributed by atoms with Gasteiger partial charge in [0, 0.05) is 11.6 Å². The molecule has 1 N–H and O–H groups in total. The van der Waals surface area contributed by atoms with Gasteiger partial charge in [-0.15, -0.1) is 0 Å². The Balaban J connectivity index is 2.61. The van der Waals surface area contributed by atoms with Gasteiger partial charge in [0.25, 0.3) is 0 Å². The number of hydrogen-bond acceptors (Lipinski definition) is 3. The van der Waals surface area contributed by atoms with Gasteiger partial charge in [0.2, 0.25) is 0 Å². The molecule has 2 rings (SSSR count). The first kappa shape index (κ1) is 16.1. The summed E-state index contributed by atoms with van der Waals surface area (Å²) in [4.78, 5) is 11.8. The average Bonchev–Trinajstić information content (AvgIpc) is 2.51. The highest BCUT2D eigenvalue weighted by atomic mass is 16.6. The second-order valence-corrected chi connectivity index (χ2v) is 5.86. The van der Waals surface area contributed by atoms with E-state index in [1.54, 1.807) is 6.08 Å². The number of rotatable bonds is 4. The highest BCUT2D eigenvalue weighted by Crippen LogP contribution is 2.42. The van der Waals surface area contributed by atoms with Crippen molar-refractivity contribution in [2.24, 2.45) is 5.92 Å². The van der Waals surface area contributed by atoms with E-state index in [-0.39, 0.29) is 5.92 Å². The monoisotopic (exact) mass is 298 g/mol. The predicted molar refractivity (Wildman–Crippen MR) is 87.2 cm³/mol. The molecule has 1 aromatic carbocycles. The lowest BCUT2D eigenvalue weighted by Crippen LogP contribution is -2.38. The Morgan fingerprint density at radius 1 is 1.41 bits per heavy atom. The molecule has 1 heterocycles. The van der Waals surface area contributed by atoms with Crippen molar-refractivity contribution < 1.29 is 9.53 Å². The third-order valence-corrected chi connectivity index (χ3v) is 4.35. The molecule has 4 heteroatoms. The van der Waals surface area contributed by atoms with Crippen LogP contribution in [0.2, 0.25) is 0 Å². The van der Waals surface area contributed by atoms with E-state index in [1.165, 1.54) is 0 Å². The standard InChI is InChI=1S/C18H22N2O2/c1-5-18(6-2)15-11-13(14(9-10-19)12(3)4)7-8-16(15)20-17(21)22-18/h7-9,11-12H,5-6H2,1-4H3,(H,20,21)/b14-9-. The third-order valence-electron chi connectivity index (χ3n) is 4.35. The molecule has 22 heavy (non-hydrogen) atoms. The van der Waals surface area contributed by atoms with Crippen LogP contribution in [0.3, 0.4) is 0 Å². The number of nitriles is 1. The highest BCUT2D eigenvalue weighted by Gasteiger charge is 2.39. The Kier molecular flexibility index (Phi) is 4.56. The maximum Gasteiger partial charge on any atom is 0.412 e. The fourth-order valence-corrected chi connectivity index (χ4v) is 3.01. The van der Waals surface area contributed by atoms with Gasteiger partial charge in [0.05, 0.1) is 11.8 Å². The van der Waals surface area contributed by atoms with Gasteiger partial charge in [-0.3, -0.25) is 5.32 Å². The normalized spacial score (nSPS) is 16.5. The highest BCUT2D eigenvalue weighted by molar-refractivity contribution is 5.89. The number of nitrogens with zero attached hydrogens (tertiary/aromatic N) is 1. The van der Waals surface area contributed by atoms with Crippen molar-refractivity contribution in [2.75, 3.05) is 5.32 Å². The minimum absolute atomic E-state index is 0.245. The van der Waals surface area contributed by atoms with Gasteiger partial charge >= 0.3 is 6.09 Å². The van der Waals surface area contributed by atoms with Crippen molar-refractivity contribution in [1.29, 1.82) is 5.26 Å². The summed E-state index contributed by atoms with van der Waals surface area (Å²) in [5.41, 5.74) is 3.18. The van der Waals surface area contributed by atoms with Crippen LogP contribution in [0.4, 0.5) is 10.5 Å². The van der Waals surface area contributed by atoms with E-state index in [1.807, 2.05) is 32.0 Å². The number of benzene rings is 1. The van der Waals surface area contributed by atoms with Gasteiger partial charge in [-0.2, -0.15) is 5.26 Å². The fraction of sp³-hybridized carbons (Fsp3) is 0.444. The Labute approximate surface area is 131 Å². The van der Waals surface area contributed by atoms with Crippen molar-refractivity contribution >= 4 is 17.4 Å². The SMILES string of the molecule is CCC1(CC)OC(=O)Nc2ccc(/C(=C\C#N)C(C)C)cc21. The molecular formula is C18H22N2O2. The lowest BCUT2D eigenvalue weighted by atomic mass is 9.83. The van der Waals surface area contributed by atoms with Crippen LogP contribution in [-0.4, -0.2) is 6.09 Å². The molecule has 0 aromatic heterocycles. The van der Waals surface area contributed by atoms with Gasteiger partial charge in [0.1, 0.15) is 5.60 Å². The number of allylic oxidation sites excluding steroid dienone is 2. The van der Waals surface area contributed by atoms with Gasteiger partial charge in [-0.05, 0) is 42.0 Å². The minimum atomic E-state index is -0.595. The quantitative estimate of drug-likeness (QED) is 0.810. The number of anilines is 1. The minimum Gasteiger partial charge on any atom is -0.438 e. The van der Waals surface area contributed by atoms with E-state index < -0.39 is 11.7 Å². The first-order chi connectivity index (χ1) is 10.5. The molecule has 0 bridgehead atoms. The van der Waals surface area contributed by atoms with E-state index in [2.05, 4.69) is 25.2 Å². The summed E-state index contributed by atoms with van der Waals surface area (Å²) in [5.74, 6) is 0.245. The van der Waals surface area contributed by atoms with Crippen molar-refractivity contribution in [2.45, 2.75) is 46.1 Å². The number of amides is 1. The number of fused-ring (bicyclic) bond motifs is 1. The van der Waals surface area contributed by atoms with Gasteiger partial charge < -0.3 is 4.74 Å². The van der Waals surface area contributed by atoms with Gasteiger partial charge in [-0.25, -0.2) is 4.79 Å². The van der Waals surface area contributed by atoms with Crippen molar-refractivity contribution in [3.8, 4) is 6.07 Å². The zero-order valence-electron chi connectivity index (χ0n) is 13.6. The van der Waals surface area contributed by atoms with Crippen LogP contribution < -0.4 is 5.32 Å². The van der Waals surface area contributed by atoms with Crippen LogP contribution in [0.15, 0.2) is 24.3 Å². The number of nitrogens with one attached hydrogen (secondary N) is 1. The molecule has 1 aliphatic rings. The third kappa shape index (κ3) is 2.71. The van der Waals surface area contributed by atoms with Crippen LogP contribution in [-0.2, 0) is 10.3 Å². The second-order valence-electron chi connectivity index (χ2n) is 5.86. The summed E-state index contributed by atoms with van der Waals surface area (Å²) >= 11 is 0. The molecule has 0 unspecified atom stereocenters. The van der Waals surface area contributed by atoms with Crippen LogP contribution in [0.1, 0.15) is 51.7 Å². The van der Waals surface area contributed by atoms with Crippen molar-refractivity contribution in [3.63, 3.8) is 0 Å². The number of cyclic esters (lactones) is 1. The van der Waals surface area contributed by atoms with Gasteiger partial charge in [-0.1, -0.05) is 33.8 Å². The molecule has 0 saturated carbocycles. The molecule has 1 aromatic rings. The van der Waals surface area contributed by atoms with Crippen molar-refractivity contribution in [3.05, 3.63) is 35.4 Å². The topological polar surface area (TPSA) is 62.1 Å². The van der Waals surface area contributed by atoms with Crippen LogP contribution in [0.5, 0.6) is 0 Å². The molecule has 0 aliphatic carbocycles. The Hall–Kier alpha value is -2.28. The summed E-state index contributed by atoms with van der Waals surface area (Å²) in [6, 6.07) is 8.02. The zero-order valence-corrected chi connectivity index (χ0v) is 13.6. The number of carbonyl (C=O) groups excluding carboxylic acids is 1. The molecular weight excluding hydrogens is 276 g/mol. The first-order valence-corrected chi connectivity index (χ1v) is 7.72. The van der Waals surface area contributed by atoms with Crippen molar-refractivity contribution in [1.82, 2.24) is 0 Å². The molecule has 116 valence electrons. The summed E-state index contributed by atoms with van der Waals surface area (Å²) in [6.07, 6.45) is 2.62. The fourth-order valence-electron chi connectivity index (χ4n) is 3.01. The van der Waals surface area contributed by atoms with E-state index >= 15 is 0 Å². The maximum absolute atomic E-state index is 11.8. The van der Waals surface area contributed by atoms with Crippen LogP contribution in [0, 0.1) is 17.2 Å². The summed E-state index contributed by atoms with van der Waals surface area (Å²) < 4.78 is 5.62. The van der Waals surface area contributed by atoms with E-state index in [0.29, 0.717) is 12.8 Å². The van der Waals surface area contributed by atoms with E-state index in [0.717, 1.165) is 22.4 Å². The molecule has 4 nitrogen and oxygen atoms in total. The Morgan fingerprint density at radius 3 is 2.64 bits per heavy atom. The summed E-state index contributed by atoms with van der Waals surface area (Å²) in [6.45, 7) is 8.17. The van der Waals surface area contributed by atoms with Crippen LogP contribution in [0.25, 0.3) is 5.57 Å². The molecule has 0 radical (unpaired) electrons. The van der Waals surface area contributed by atoms with Crippen LogP contribution >= 0.6 is 0 Å². The number of hydrogen-bond donors (Lipinski definition) is 1. The average molecular weight is 298 g/mol. The molecule has 1 amide bonds. The van der Waals surface area contributed by atoms with Gasteiger partial charge in [0.15, 0.2) is 0 Å². The summed E-state index contributed by atoms with van der Waals surface area (Å²) in [5, 5.41) is 11.8. The molecule has 0 fully saturated rings. The summed E-state index contributed by atoms with van der Waals surface area (Å²) in [7, 11) is 0. The molecule has 0 atom stereocenters. The Bertz CT molecular complexity index is 650. The predicted octanol–water partition coefficient (Wildman–Crippen LogP) is 4.83. The Morgan fingerprint density at radius 2 is 2.09 bits per heavy atom. The number of carbonyl (C=O) groups is 1. The maximum atomic E-state index is 11.8. The zero-order chi connectivity index (χ0) is 16.3. The molecule has 0 spiro atoms. The largest absolute Gasteiger partial charge is 0.438 e. The lowest BCUT2D eigenvalue weighted by Gasteiger charge is -2.37.